The van der Waals surface area contributed by atoms with Gasteiger partial charge < -0.3 is 8.85 Å². The van der Waals surface area contributed by atoms with Crippen LogP contribution in [0.5, 0.6) is 0 Å². The number of hydrogen-bond acceptors (Lipinski definition) is 2. The first-order chi connectivity index (χ1) is 15.0. The molecule has 0 aliphatic carbocycles. The molecule has 0 fully saturated rings. The second-order valence-electron chi connectivity index (χ2n) is 10.3. The average molecular weight is 457 g/mol. The minimum Gasteiger partial charge on any atom is -0.395 e. The Morgan fingerprint density at radius 3 is 1.29 bits per heavy atom. The maximum Gasteiger partial charge on any atom is 0.331 e. The summed E-state index contributed by atoms with van der Waals surface area (Å²) in [5.41, 5.74) is 0. The average Bonchev–Trinajstić information content (AvgIpc) is 2.73. The molecule has 0 spiro atoms. The molecule has 0 aromatic rings. The summed E-state index contributed by atoms with van der Waals surface area (Å²) in [6.07, 6.45) is 29.5. The Kier molecular flexibility index (Phi) is 23.4. The topological polar surface area (TPSA) is 18.5 Å². The molecule has 0 rings (SSSR count). The second kappa shape index (κ2) is 23.3. The van der Waals surface area contributed by atoms with Gasteiger partial charge in [0.2, 0.25) is 0 Å². The summed E-state index contributed by atoms with van der Waals surface area (Å²) in [5.74, 6) is 0. The summed E-state index contributed by atoms with van der Waals surface area (Å²) in [7, 11) is -1.94. The smallest absolute Gasteiger partial charge is 0.331 e. The fourth-order valence-corrected chi connectivity index (χ4v) is 6.19. The highest BCUT2D eigenvalue weighted by Crippen LogP contribution is 2.17. The molecule has 1 unspecified atom stereocenters. The van der Waals surface area contributed by atoms with Gasteiger partial charge in [-0.25, -0.2) is 0 Å². The van der Waals surface area contributed by atoms with Crippen molar-refractivity contribution in [3.8, 4) is 0 Å². The molecular weight excluding hydrogens is 396 g/mol. The Balaban J connectivity index is 3.34. The molecule has 3 heteroatoms. The highest BCUT2D eigenvalue weighted by molar-refractivity contribution is 6.64. The minimum atomic E-state index is -1.94. The first kappa shape index (κ1) is 31.1. The highest BCUT2D eigenvalue weighted by Gasteiger charge is 2.26. The van der Waals surface area contributed by atoms with Gasteiger partial charge in [0, 0.05) is 12.7 Å². The van der Waals surface area contributed by atoms with Crippen LogP contribution in [0.3, 0.4) is 0 Å². The van der Waals surface area contributed by atoms with Crippen LogP contribution in [0, 0.1) is 0 Å². The van der Waals surface area contributed by atoms with Gasteiger partial charge in [0.05, 0.1) is 0 Å². The van der Waals surface area contributed by atoms with Crippen molar-refractivity contribution in [1.29, 1.82) is 0 Å². The van der Waals surface area contributed by atoms with Crippen molar-refractivity contribution in [3.63, 3.8) is 0 Å². The van der Waals surface area contributed by atoms with E-state index in [1.807, 2.05) is 0 Å². The Bertz CT molecular complexity index is 346. The molecule has 0 aliphatic heterocycles. The summed E-state index contributed by atoms with van der Waals surface area (Å²) < 4.78 is 12.4. The molecule has 0 radical (unpaired) electrons. The van der Waals surface area contributed by atoms with Gasteiger partial charge in [-0.15, -0.1) is 0 Å². The molecule has 0 aromatic heterocycles. The van der Waals surface area contributed by atoms with Gasteiger partial charge in [-0.1, -0.05) is 136 Å². The zero-order chi connectivity index (χ0) is 23.0. The summed E-state index contributed by atoms with van der Waals surface area (Å²) >= 11 is 0. The normalized spacial score (nSPS) is 13.1. The number of hydrogen-bond donors (Lipinski definition) is 0. The van der Waals surface area contributed by atoms with Crippen molar-refractivity contribution in [2.45, 2.75) is 175 Å². The van der Waals surface area contributed by atoms with Gasteiger partial charge in [0.1, 0.15) is 0 Å². The van der Waals surface area contributed by atoms with Crippen LogP contribution in [0.25, 0.3) is 0 Å². The van der Waals surface area contributed by atoms with E-state index in [1.165, 1.54) is 135 Å². The van der Waals surface area contributed by atoms with Crippen LogP contribution in [0.4, 0.5) is 0 Å². The third-order valence-corrected chi connectivity index (χ3v) is 8.27. The van der Waals surface area contributed by atoms with Gasteiger partial charge >= 0.3 is 8.56 Å². The monoisotopic (exact) mass is 456 g/mol. The number of rotatable bonds is 25. The quantitative estimate of drug-likeness (QED) is 0.100. The third kappa shape index (κ3) is 24.6. The van der Waals surface area contributed by atoms with Crippen LogP contribution in [-0.4, -0.2) is 21.3 Å². The predicted octanol–water partition coefficient (Wildman–Crippen LogP) is 10.3. The van der Waals surface area contributed by atoms with Gasteiger partial charge in [0.15, 0.2) is 0 Å². The summed E-state index contributed by atoms with van der Waals surface area (Å²) in [6.45, 7) is 12.1. The van der Waals surface area contributed by atoms with Gasteiger partial charge in [-0.2, -0.15) is 0 Å². The van der Waals surface area contributed by atoms with Crippen molar-refractivity contribution in [2.75, 3.05) is 6.61 Å². The van der Waals surface area contributed by atoms with E-state index in [0.29, 0.717) is 6.10 Å². The Hall–Kier alpha value is 0.137. The molecule has 31 heavy (non-hydrogen) atoms. The Labute approximate surface area is 198 Å². The van der Waals surface area contributed by atoms with Crippen molar-refractivity contribution >= 4 is 8.56 Å². The first-order valence-corrected chi connectivity index (χ1v) is 17.1. The molecule has 188 valence electrons. The van der Waals surface area contributed by atoms with Crippen molar-refractivity contribution in [2.24, 2.45) is 0 Å². The second-order valence-corrected chi connectivity index (χ2v) is 13.7. The van der Waals surface area contributed by atoms with Crippen LogP contribution in [0.2, 0.25) is 13.1 Å². The molecule has 0 saturated carbocycles. The molecule has 0 aromatic carbocycles. The predicted molar refractivity (Wildman–Crippen MR) is 142 cm³/mol. The molecule has 0 amide bonds. The van der Waals surface area contributed by atoms with Gasteiger partial charge in [-0.3, -0.25) is 0 Å². The lowest BCUT2D eigenvalue weighted by Crippen LogP contribution is -2.38. The maximum atomic E-state index is 6.26. The fourth-order valence-electron chi connectivity index (χ4n) is 4.40. The molecule has 0 saturated heterocycles. The number of unbranched alkanes of at least 4 members (excludes halogenated alkanes) is 18. The van der Waals surface area contributed by atoms with Crippen LogP contribution < -0.4 is 0 Å². The summed E-state index contributed by atoms with van der Waals surface area (Å²) in [4.78, 5) is 0. The Morgan fingerprint density at radius 1 is 0.516 bits per heavy atom. The van der Waals surface area contributed by atoms with Crippen molar-refractivity contribution in [1.82, 2.24) is 0 Å². The summed E-state index contributed by atoms with van der Waals surface area (Å²) in [5, 5.41) is 0. The lowest BCUT2D eigenvalue weighted by atomic mass is 10.0. The van der Waals surface area contributed by atoms with E-state index in [1.54, 1.807) is 0 Å². The third-order valence-electron chi connectivity index (χ3n) is 6.40. The molecule has 0 bridgehead atoms. The molecule has 1 atom stereocenters. The largest absolute Gasteiger partial charge is 0.395 e. The van der Waals surface area contributed by atoms with E-state index in [-0.39, 0.29) is 0 Å². The van der Waals surface area contributed by atoms with Crippen LogP contribution in [0.15, 0.2) is 0 Å². The molecule has 2 nitrogen and oxygen atoms in total. The lowest BCUT2D eigenvalue weighted by Gasteiger charge is -2.27. The highest BCUT2D eigenvalue weighted by atomic mass is 28.4. The van der Waals surface area contributed by atoms with Gasteiger partial charge in [0.25, 0.3) is 0 Å². The molecule has 0 N–H and O–H groups in total. The van der Waals surface area contributed by atoms with E-state index in [9.17, 15) is 0 Å². The van der Waals surface area contributed by atoms with Crippen LogP contribution >= 0.6 is 0 Å². The first-order valence-electron chi connectivity index (χ1n) is 14.3. The van der Waals surface area contributed by atoms with Gasteiger partial charge in [-0.05, 0) is 32.9 Å². The zero-order valence-corrected chi connectivity index (χ0v) is 23.5. The van der Waals surface area contributed by atoms with Crippen LogP contribution in [-0.2, 0) is 8.85 Å². The fraction of sp³-hybridized carbons (Fsp3) is 1.00. The Morgan fingerprint density at radius 2 is 0.871 bits per heavy atom. The molecular formula is C28H60O2Si. The summed E-state index contributed by atoms with van der Waals surface area (Å²) in [6, 6.07) is 0. The maximum absolute atomic E-state index is 6.26. The lowest BCUT2D eigenvalue weighted by molar-refractivity contribution is 0.122. The molecule has 0 heterocycles. The van der Waals surface area contributed by atoms with Crippen LogP contribution in [0.1, 0.15) is 156 Å². The van der Waals surface area contributed by atoms with E-state index in [2.05, 4.69) is 33.9 Å². The standard InChI is InChI=1S/C28H60O2Si/c1-6-8-10-12-13-14-15-16-17-18-19-20-21-22-23-25-27-29-31(4,5)30-28(3)26-24-11-9-7-2/h28H,6-27H2,1-5H3. The van der Waals surface area contributed by atoms with E-state index in [4.69, 9.17) is 8.85 Å². The van der Waals surface area contributed by atoms with E-state index < -0.39 is 8.56 Å². The van der Waals surface area contributed by atoms with E-state index >= 15 is 0 Å². The van der Waals surface area contributed by atoms with Crippen molar-refractivity contribution in [3.05, 3.63) is 0 Å². The minimum absolute atomic E-state index is 0.351. The molecule has 0 aliphatic rings. The zero-order valence-electron chi connectivity index (χ0n) is 22.5. The van der Waals surface area contributed by atoms with E-state index in [0.717, 1.165) is 6.61 Å². The SMILES string of the molecule is CCCCCCCCCCCCCCCCCCO[Si](C)(C)OC(C)CCCCCC. The van der Waals surface area contributed by atoms with Crippen molar-refractivity contribution < 1.29 is 8.85 Å².